The number of hydrogen-bond donors (Lipinski definition) is 1. The third-order valence-corrected chi connectivity index (χ3v) is 0.870. The van der Waals surface area contributed by atoms with Gasteiger partial charge in [0, 0.05) is 24.0 Å². The molecule has 0 fully saturated rings. The molecule has 0 aliphatic rings. The monoisotopic (exact) mass is 175 g/mol. The predicted octanol–water partition coefficient (Wildman–Crippen LogP) is 0.439. The second-order valence-corrected chi connectivity index (χ2v) is 1.55. The maximum atomic E-state index is 5.23. The van der Waals surface area contributed by atoms with Crippen molar-refractivity contribution in [2.45, 2.75) is 13.5 Å². The molecule has 1 radical (unpaired) electrons. The summed E-state index contributed by atoms with van der Waals surface area (Å²) in [7, 11) is 0. The van der Waals surface area contributed by atoms with Crippen LogP contribution in [0.15, 0.2) is 10.6 Å². The zero-order valence-electron chi connectivity index (χ0n) is 5.02. The molecule has 0 saturated heterocycles. The Bertz CT molecular complexity index is 175. The van der Waals surface area contributed by atoms with Gasteiger partial charge in [0.15, 0.2) is 5.89 Å². The fourth-order valence-electron chi connectivity index (χ4n) is 0.500. The normalized spacial score (nSPS) is 8.67. The van der Waals surface area contributed by atoms with Gasteiger partial charge in [0.05, 0.1) is 12.7 Å². The van der Waals surface area contributed by atoms with E-state index in [4.69, 9.17) is 10.2 Å². The van der Waals surface area contributed by atoms with Crippen LogP contribution in [0, 0.1) is 6.92 Å². The van der Waals surface area contributed by atoms with Crippen molar-refractivity contribution in [2.75, 3.05) is 0 Å². The van der Waals surface area contributed by atoms with Gasteiger partial charge in [0.1, 0.15) is 5.76 Å². The van der Waals surface area contributed by atoms with Crippen LogP contribution in [-0.4, -0.2) is 4.98 Å². The van der Waals surface area contributed by atoms with Crippen molar-refractivity contribution in [1.82, 2.24) is 4.98 Å². The van der Waals surface area contributed by atoms with Gasteiger partial charge in [-0.05, 0) is 0 Å². The van der Waals surface area contributed by atoms with E-state index in [0.717, 1.165) is 5.76 Å². The number of nitrogens with two attached hydrogens (primary N) is 1. The molecule has 0 bridgehead atoms. The van der Waals surface area contributed by atoms with E-state index < -0.39 is 0 Å². The molecule has 1 aromatic heterocycles. The minimum atomic E-state index is 0. The van der Waals surface area contributed by atoms with Crippen LogP contribution < -0.4 is 5.73 Å². The van der Waals surface area contributed by atoms with E-state index in [9.17, 15) is 0 Å². The van der Waals surface area contributed by atoms with Crippen LogP contribution in [-0.2, 0) is 23.6 Å². The van der Waals surface area contributed by atoms with E-state index in [2.05, 4.69) is 4.98 Å². The Morgan fingerprint density at radius 1 is 1.78 bits per heavy atom. The van der Waals surface area contributed by atoms with Crippen LogP contribution in [0.3, 0.4) is 0 Å². The van der Waals surface area contributed by atoms with Crippen molar-refractivity contribution in [3.8, 4) is 0 Å². The molecule has 0 unspecified atom stereocenters. The molecule has 9 heavy (non-hydrogen) atoms. The third-order valence-electron chi connectivity index (χ3n) is 0.870. The van der Waals surface area contributed by atoms with Crippen molar-refractivity contribution in [3.05, 3.63) is 17.8 Å². The first-order valence-corrected chi connectivity index (χ1v) is 2.44. The minimum absolute atomic E-state index is 0. The summed E-state index contributed by atoms with van der Waals surface area (Å²) in [5.41, 5.74) is 5.23. The molecule has 0 amide bonds. The number of oxazole rings is 1. The molecule has 1 heterocycles. The molecule has 4 heteroatoms. The summed E-state index contributed by atoms with van der Waals surface area (Å²) < 4.78 is 5.00. The van der Waals surface area contributed by atoms with Gasteiger partial charge in [-0.1, -0.05) is 0 Å². The van der Waals surface area contributed by atoms with Gasteiger partial charge in [-0.3, -0.25) is 0 Å². The zero-order valence-corrected chi connectivity index (χ0v) is 5.96. The molecule has 2 N–H and O–H groups in total. The van der Waals surface area contributed by atoms with Gasteiger partial charge < -0.3 is 10.2 Å². The van der Waals surface area contributed by atoms with Crippen molar-refractivity contribution in [2.24, 2.45) is 5.73 Å². The van der Waals surface area contributed by atoms with E-state index >= 15 is 0 Å². The third kappa shape index (κ3) is 2.18. The molecule has 0 atom stereocenters. The van der Waals surface area contributed by atoms with Crippen molar-refractivity contribution >= 4 is 0 Å². The van der Waals surface area contributed by atoms with Crippen LogP contribution in [0.4, 0.5) is 0 Å². The average molecular weight is 176 g/mol. The standard InChI is InChI=1S/C5H8N2O.Cu/c1-4-7-3-5(2-6)8-4;/h3H,2,6H2,1H3;. The van der Waals surface area contributed by atoms with Gasteiger partial charge >= 0.3 is 0 Å². The van der Waals surface area contributed by atoms with E-state index in [1.807, 2.05) is 0 Å². The van der Waals surface area contributed by atoms with Crippen molar-refractivity contribution < 1.29 is 21.5 Å². The van der Waals surface area contributed by atoms with Crippen LogP contribution in [0.2, 0.25) is 0 Å². The molecule has 3 nitrogen and oxygen atoms in total. The quantitative estimate of drug-likeness (QED) is 0.631. The van der Waals surface area contributed by atoms with Gasteiger partial charge in [0.25, 0.3) is 0 Å². The van der Waals surface area contributed by atoms with E-state index in [-0.39, 0.29) is 17.1 Å². The number of hydrogen-bond acceptors (Lipinski definition) is 3. The van der Waals surface area contributed by atoms with Gasteiger partial charge in [-0.2, -0.15) is 0 Å². The second kappa shape index (κ2) is 3.67. The van der Waals surface area contributed by atoms with Crippen LogP contribution in [0.5, 0.6) is 0 Å². The zero-order chi connectivity index (χ0) is 5.98. The number of rotatable bonds is 1. The molecular weight excluding hydrogens is 168 g/mol. The number of aromatic nitrogens is 1. The Labute approximate surface area is 64.1 Å². The summed E-state index contributed by atoms with van der Waals surface area (Å²) in [5, 5.41) is 0. The molecule has 0 aromatic carbocycles. The van der Waals surface area contributed by atoms with E-state index in [0.29, 0.717) is 12.4 Å². The van der Waals surface area contributed by atoms with Gasteiger partial charge in [-0.25, -0.2) is 4.98 Å². The topological polar surface area (TPSA) is 52.0 Å². The Hall–Kier alpha value is -0.311. The predicted molar refractivity (Wildman–Crippen MR) is 29.1 cm³/mol. The molecule has 55 valence electrons. The first-order chi connectivity index (χ1) is 3.83. The first kappa shape index (κ1) is 8.69. The van der Waals surface area contributed by atoms with Gasteiger partial charge in [0.2, 0.25) is 0 Å². The largest absolute Gasteiger partial charge is 0.445 e. The summed E-state index contributed by atoms with van der Waals surface area (Å²) in [6, 6.07) is 0. The SMILES string of the molecule is Cc1ncc(CN)o1.[Cu]. The summed E-state index contributed by atoms with van der Waals surface area (Å²) in [4.78, 5) is 3.84. The first-order valence-electron chi connectivity index (χ1n) is 2.44. The number of nitrogens with zero attached hydrogens (tertiary/aromatic N) is 1. The van der Waals surface area contributed by atoms with Crippen LogP contribution in [0.1, 0.15) is 11.7 Å². The van der Waals surface area contributed by atoms with Crippen LogP contribution in [0.25, 0.3) is 0 Å². The fraction of sp³-hybridized carbons (Fsp3) is 0.400. The molecular formula is C5H8CuN2O. The van der Waals surface area contributed by atoms with Crippen LogP contribution >= 0.6 is 0 Å². The Balaban J connectivity index is 0.000000640. The second-order valence-electron chi connectivity index (χ2n) is 1.55. The average Bonchev–Trinajstić information content (AvgIpc) is 2.14. The summed E-state index contributed by atoms with van der Waals surface area (Å²) in [6.45, 7) is 2.22. The molecule has 1 rings (SSSR count). The fourth-order valence-corrected chi connectivity index (χ4v) is 0.500. The minimum Gasteiger partial charge on any atom is -0.445 e. The Kier molecular flexibility index (Phi) is 3.54. The van der Waals surface area contributed by atoms with E-state index in [1.165, 1.54) is 0 Å². The molecule has 0 spiro atoms. The van der Waals surface area contributed by atoms with Gasteiger partial charge in [-0.15, -0.1) is 0 Å². The van der Waals surface area contributed by atoms with Crippen molar-refractivity contribution in [1.29, 1.82) is 0 Å². The molecule has 0 aliphatic carbocycles. The Morgan fingerprint density at radius 3 is 2.67 bits per heavy atom. The summed E-state index contributed by atoms with van der Waals surface area (Å²) >= 11 is 0. The van der Waals surface area contributed by atoms with Crippen molar-refractivity contribution in [3.63, 3.8) is 0 Å². The maximum absolute atomic E-state index is 5.23. The summed E-state index contributed by atoms with van der Waals surface area (Å²) in [5.74, 6) is 1.41. The number of aryl methyl sites for hydroxylation is 1. The van der Waals surface area contributed by atoms with E-state index in [1.54, 1.807) is 13.1 Å². The smallest absolute Gasteiger partial charge is 0.191 e. The maximum Gasteiger partial charge on any atom is 0.191 e. The molecule has 0 saturated carbocycles. The Morgan fingerprint density at radius 2 is 2.44 bits per heavy atom. The molecule has 1 aromatic rings. The molecule has 0 aliphatic heterocycles. The summed E-state index contributed by atoms with van der Waals surface area (Å²) in [6.07, 6.45) is 1.63.